The average molecular weight is 308 g/mol. The van der Waals surface area contributed by atoms with Crippen LogP contribution in [0.15, 0.2) is 18.2 Å². The molecular formula is C16H21FN2O3. The topological polar surface area (TPSA) is 49.9 Å². The number of hydrogen-bond acceptors (Lipinski definition) is 4. The first-order valence-electron chi connectivity index (χ1n) is 7.42. The van der Waals surface area contributed by atoms with Crippen molar-refractivity contribution in [2.24, 2.45) is 0 Å². The van der Waals surface area contributed by atoms with E-state index >= 15 is 0 Å². The van der Waals surface area contributed by atoms with Gasteiger partial charge in [-0.25, -0.2) is 9.18 Å². The summed E-state index contributed by atoms with van der Waals surface area (Å²) in [6.45, 7) is 5.24. The second-order valence-electron chi connectivity index (χ2n) is 5.30. The van der Waals surface area contributed by atoms with Crippen molar-refractivity contribution < 1.29 is 18.7 Å². The van der Waals surface area contributed by atoms with E-state index in [1.807, 2.05) is 11.8 Å². The molecule has 1 aromatic carbocycles. The third-order valence-electron chi connectivity index (χ3n) is 3.90. The molecule has 0 bridgehead atoms. The van der Waals surface area contributed by atoms with Crippen LogP contribution in [0, 0.1) is 5.82 Å². The molecule has 0 saturated carbocycles. The minimum atomic E-state index is -0.533. The second kappa shape index (κ2) is 7.35. The number of rotatable bonds is 4. The van der Waals surface area contributed by atoms with Gasteiger partial charge in [0.1, 0.15) is 5.82 Å². The summed E-state index contributed by atoms with van der Waals surface area (Å²) in [5, 5.41) is 0. The van der Waals surface area contributed by atoms with Crippen LogP contribution in [0.5, 0.6) is 0 Å². The van der Waals surface area contributed by atoms with Gasteiger partial charge in [-0.2, -0.15) is 0 Å². The summed E-state index contributed by atoms with van der Waals surface area (Å²) in [6, 6.07) is 4.17. The first kappa shape index (κ1) is 16.4. The van der Waals surface area contributed by atoms with Crippen molar-refractivity contribution in [1.82, 2.24) is 9.80 Å². The van der Waals surface area contributed by atoms with Gasteiger partial charge in [0.15, 0.2) is 0 Å². The summed E-state index contributed by atoms with van der Waals surface area (Å²) < 4.78 is 18.0. The summed E-state index contributed by atoms with van der Waals surface area (Å²) in [4.78, 5) is 27.4. The predicted octanol–water partition coefficient (Wildman–Crippen LogP) is 1.67. The van der Waals surface area contributed by atoms with E-state index in [-0.39, 0.29) is 11.5 Å². The lowest BCUT2D eigenvalue weighted by molar-refractivity contribution is -0.132. The van der Waals surface area contributed by atoms with Gasteiger partial charge >= 0.3 is 5.97 Å². The van der Waals surface area contributed by atoms with Crippen molar-refractivity contribution in [3.63, 3.8) is 0 Å². The SMILES string of the molecule is CCC(=O)N1CCN(Cc2ccc(F)cc2C(=O)OC)CC1. The normalized spacial score (nSPS) is 15.7. The number of hydrogen-bond donors (Lipinski definition) is 0. The molecule has 6 heteroatoms. The van der Waals surface area contributed by atoms with Crippen LogP contribution in [0.3, 0.4) is 0 Å². The Morgan fingerprint density at radius 1 is 1.23 bits per heavy atom. The largest absolute Gasteiger partial charge is 0.465 e. The minimum Gasteiger partial charge on any atom is -0.465 e. The molecule has 2 rings (SSSR count). The number of ether oxygens (including phenoxy) is 1. The number of nitrogens with zero attached hydrogens (tertiary/aromatic N) is 2. The average Bonchev–Trinajstić information content (AvgIpc) is 2.55. The first-order valence-corrected chi connectivity index (χ1v) is 7.42. The van der Waals surface area contributed by atoms with E-state index in [1.165, 1.54) is 19.2 Å². The van der Waals surface area contributed by atoms with E-state index < -0.39 is 11.8 Å². The molecule has 0 radical (unpaired) electrons. The molecule has 0 N–H and O–H groups in total. The fraction of sp³-hybridized carbons (Fsp3) is 0.500. The van der Waals surface area contributed by atoms with Crippen molar-refractivity contribution in [3.8, 4) is 0 Å². The Morgan fingerprint density at radius 2 is 1.91 bits per heavy atom. The molecule has 0 atom stereocenters. The number of amides is 1. The molecule has 0 spiro atoms. The van der Waals surface area contributed by atoms with E-state index in [1.54, 1.807) is 6.07 Å². The summed E-state index contributed by atoms with van der Waals surface area (Å²) in [5.74, 6) is -0.825. The van der Waals surface area contributed by atoms with Gasteiger partial charge in [0, 0.05) is 39.1 Å². The first-order chi connectivity index (χ1) is 10.5. The Bertz CT molecular complexity index is 554. The molecule has 1 heterocycles. The van der Waals surface area contributed by atoms with Crippen LogP contribution >= 0.6 is 0 Å². The quantitative estimate of drug-likeness (QED) is 0.794. The standard InChI is InChI=1S/C16H21FN2O3/c1-3-15(20)19-8-6-18(7-9-19)11-12-4-5-13(17)10-14(12)16(21)22-2/h4-5,10H,3,6-9,11H2,1-2H3. The highest BCUT2D eigenvalue weighted by molar-refractivity contribution is 5.91. The van der Waals surface area contributed by atoms with Crippen molar-refractivity contribution in [2.45, 2.75) is 19.9 Å². The van der Waals surface area contributed by atoms with Gasteiger partial charge in [0.05, 0.1) is 12.7 Å². The minimum absolute atomic E-state index is 0.164. The number of benzene rings is 1. The third-order valence-corrected chi connectivity index (χ3v) is 3.90. The molecule has 1 aliphatic rings. The molecule has 1 amide bonds. The van der Waals surface area contributed by atoms with Gasteiger partial charge < -0.3 is 9.64 Å². The van der Waals surface area contributed by atoms with E-state index in [2.05, 4.69) is 4.90 Å². The fourth-order valence-corrected chi connectivity index (χ4v) is 2.61. The summed E-state index contributed by atoms with van der Waals surface area (Å²) in [5.41, 5.74) is 0.998. The van der Waals surface area contributed by atoms with Crippen LogP contribution in [0.2, 0.25) is 0 Å². The van der Waals surface area contributed by atoms with Crippen molar-refractivity contribution in [1.29, 1.82) is 0 Å². The summed E-state index contributed by atoms with van der Waals surface area (Å²) in [7, 11) is 1.28. The fourth-order valence-electron chi connectivity index (χ4n) is 2.61. The van der Waals surface area contributed by atoms with Crippen molar-refractivity contribution in [3.05, 3.63) is 35.1 Å². The number of halogens is 1. The van der Waals surface area contributed by atoms with Crippen molar-refractivity contribution >= 4 is 11.9 Å². The monoisotopic (exact) mass is 308 g/mol. The maximum absolute atomic E-state index is 13.3. The van der Waals surface area contributed by atoms with E-state index in [0.717, 1.165) is 18.7 Å². The maximum atomic E-state index is 13.3. The highest BCUT2D eigenvalue weighted by Gasteiger charge is 2.22. The highest BCUT2D eigenvalue weighted by Crippen LogP contribution is 2.16. The number of esters is 1. The lowest BCUT2D eigenvalue weighted by Gasteiger charge is -2.34. The molecule has 1 fully saturated rings. The number of methoxy groups -OCH3 is 1. The van der Waals surface area contributed by atoms with Crippen LogP contribution in [0.1, 0.15) is 29.3 Å². The molecule has 0 unspecified atom stereocenters. The summed E-state index contributed by atoms with van der Waals surface area (Å²) >= 11 is 0. The van der Waals surface area contributed by atoms with Gasteiger partial charge in [0.2, 0.25) is 5.91 Å². The smallest absolute Gasteiger partial charge is 0.338 e. The van der Waals surface area contributed by atoms with E-state index in [9.17, 15) is 14.0 Å². The molecular weight excluding hydrogens is 287 g/mol. The van der Waals surface area contributed by atoms with Gasteiger partial charge in [0.25, 0.3) is 0 Å². The zero-order chi connectivity index (χ0) is 16.1. The zero-order valence-electron chi connectivity index (χ0n) is 13.0. The molecule has 1 aromatic rings. The van der Waals surface area contributed by atoms with Crippen LogP contribution in [0.4, 0.5) is 4.39 Å². The Labute approximate surface area is 129 Å². The Balaban J connectivity index is 2.03. The molecule has 1 saturated heterocycles. The molecule has 5 nitrogen and oxygen atoms in total. The van der Waals surface area contributed by atoms with Crippen LogP contribution < -0.4 is 0 Å². The van der Waals surface area contributed by atoms with Crippen LogP contribution in [-0.2, 0) is 16.1 Å². The Hall–Kier alpha value is -1.95. The molecule has 22 heavy (non-hydrogen) atoms. The van der Waals surface area contributed by atoms with Crippen molar-refractivity contribution in [2.75, 3.05) is 33.3 Å². The third kappa shape index (κ3) is 3.82. The predicted molar refractivity (Wildman–Crippen MR) is 79.9 cm³/mol. The summed E-state index contributed by atoms with van der Waals surface area (Å²) in [6.07, 6.45) is 0.518. The zero-order valence-corrected chi connectivity index (χ0v) is 13.0. The van der Waals surface area contributed by atoms with E-state index in [4.69, 9.17) is 4.74 Å². The van der Waals surface area contributed by atoms with Crippen LogP contribution in [-0.4, -0.2) is 55.0 Å². The lowest BCUT2D eigenvalue weighted by Crippen LogP contribution is -2.48. The molecule has 0 aliphatic carbocycles. The highest BCUT2D eigenvalue weighted by atomic mass is 19.1. The van der Waals surface area contributed by atoms with E-state index in [0.29, 0.717) is 26.1 Å². The van der Waals surface area contributed by atoms with Crippen LogP contribution in [0.25, 0.3) is 0 Å². The second-order valence-corrected chi connectivity index (χ2v) is 5.30. The number of piperazine rings is 1. The van der Waals surface area contributed by atoms with Gasteiger partial charge in [-0.15, -0.1) is 0 Å². The Morgan fingerprint density at radius 3 is 2.50 bits per heavy atom. The number of carbonyl (C=O) groups is 2. The number of carbonyl (C=O) groups excluding carboxylic acids is 2. The Kier molecular flexibility index (Phi) is 5.49. The van der Waals surface area contributed by atoms with Gasteiger partial charge in [-0.05, 0) is 17.7 Å². The van der Waals surface area contributed by atoms with Gasteiger partial charge in [-0.1, -0.05) is 13.0 Å². The maximum Gasteiger partial charge on any atom is 0.338 e. The lowest BCUT2D eigenvalue weighted by atomic mass is 10.1. The molecule has 120 valence electrons. The van der Waals surface area contributed by atoms with Gasteiger partial charge in [-0.3, -0.25) is 9.69 Å². The molecule has 0 aromatic heterocycles. The molecule has 1 aliphatic heterocycles.